The quantitative estimate of drug-likeness (QED) is 0.875. The van der Waals surface area contributed by atoms with Crippen molar-refractivity contribution < 1.29 is 4.79 Å². The topological polar surface area (TPSA) is 41.1 Å². The van der Waals surface area contributed by atoms with Crippen LogP contribution in [-0.2, 0) is 11.3 Å². The molecule has 0 aliphatic heterocycles. The number of amides is 1. The number of hydrogen-bond donors (Lipinski definition) is 2. The van der Waals surface area contributed by atoms with Crippen LogP contribution in [0.25, 0.3) is 0 Å². The van der Waals surface area contributed by atoms with E-state index < -0.39 is 0 Å². The Morgan fingerprint density at radius 2 is 1.90 bits per heavy atom. The molecule has 0 aliphatic rings. The van der Waals surface area contributed by atoms with Gasteiger partial charge in [-0.1, -0.05) is 36.4 Å². The summed E-state index contributed by atoms with van der Waals surface area (Å²) in [6.45, 7) is 6.61. The second kappa shape index (κ2) is 7.04. The lowest BCUT2D eigenvalue weighted by Crippen LogP contribution is -2.19. The molecule has 0 saturated heterocycles. The van der Waals surface area contributed by atoms with Crippen LogP contribution in [0.1, 0.15) is 36.6 Å². The van der Waals surface area contributed by atoms with E-state index in [4.69, 9.17) is 0 Å². The molecule has 3 heteroatoms. The van der Waals surface area contributed by atoms with E-state index in [0.717, 1.165) is 17.8 Å². The van der Waals surface area contributed by atoms with E-state index in [1.165, 1.54) is 18.1 Å². The molecule has 3 nitrogen and oxygen atoms in total. The molecule has 0 aromatic heterocycles. The number of rotatable bonds is 5. The Balaban J connectivity index is 2.01. The number of benzene rings is 2. The minimum Gasteiger partial charge on any atom is -0.326 e. The van der Waals surface area contributed by atoms with E-state index >= 15 is 0 Å². The number of hydrogen-bond acceptors (Lipinski definition) is 2. The maximum atomic E-state index is 11.1. The summed E-state index contributed by atoms with van der Waals surface area (Å²) in [6, 6.07) is 16.6. The van der Waals surface area contributed by atoms with Crippen LogP contribution in [0.4, 0.5) is 5.69 Å². The fraction of sp³-hybridized carbons (Fsp3) is 0.278. The molecule has 2 rings (SSSR count). The summed E-state index contributed by atoms with van der Waals surface area (Å²) in [6.07, 6.45) is 0. The van der Waals surface area contributed by atoms with Gasteiger partial charge in [0.1, 0.15) is 0 Å². The summed E-state index contributed by atoms with van der Waals surface area (Å²) in [4.78, 5) is 11.1. The van der Waals surface area contributed by atoms with Crippen LogP contribution in [0.2, 0.25) is 0 Å². The van der Waals surface area contributed by atoms with Crippen LogP contribution in [0, 0.1) is 6.92 Å². The highest BCUT2D eigenvalue weighted by Crippen LogP contribution is 2.18. The van der Waals surface area contributed by atoms with Crippen molar-refractivity contribution in [1.82, 2.24) is 5.32 Å². The predicted octanol–water partition coefficient (Wildman–Crippen LogP) is 3.80. The maximum absolute atomic E-state index is 11.1. The lowest BCUT2D eigenvalue weighted by atomic mass is 10.1. The summed E-state index contributed by atoms with van der Waals surface area (Å²) >= 11 is 0. The first-order valence-electron chi connectivity index (χ1n) is 7.21. The van der Waals surface area contributed by atoms with E-state index in [1.54, 1.807) is 0 Å². The van der Waals surface area contributed by atoms with Gasteiger partial charge in [0, 0.05) is 25.2 Å². The van der Waals surface area contributed by atoms with Gasteiger partial charge in [-0.2, -0.15) is 0 Å². The zero-order chi connectivity index (χ0) is 15.2. The van der Waals surface area contributed by atoms with Crippen LogP contribution in [0.3, 0.4) is 0 Å². The SMILES string of the molecule is CC(=O)Nc1cccc(C(C)NCc2ccccc2C)c1. The Morgan fingerprint density at radius 1 is 1.14 bits per heavy atom. The highest BCUT2D eigenvalue weighted by atomic mass is 16.1. The third-order valence-electron chi connectivity index (χ3n) is 3.57. The monoisotopic (exact) mass is 282 g/mol. The van der Waals surface area contributed by atoms with Gasteiger partial charge in [0.15, 0.2) is 0 Å². The first kappa shape index (κ1) is 15.3. The predicted molar refractivity (Wildman–Crippen MR) is 87.2 cm³/mol. The molecular formula is C18H22N2O. The van der Waals surface area contributed by atoms with Crippen molar-refractivity contribution in [2.24, 2.45) is 0 Å². The average Bonchev–Trinajstić information content (AvgIpc) is 2.45. The smallest absolute Gasteiger partial charge is 0.221 e. The number of anilines is 1. The second-order valence-corrected chi connectivity index (χ2v) is 5.34. The van der Waals surface area contributed by atoms with Crippen molar-refractivity contribution in [2.75, 3.05) is 5.32 Å². The van der Waals surface area contributed by atoms with Crippen molar-refractivity contribution in [3.05, 3.63) is 65.2 Å². The molecule has 0 saturated carbocycles. The van der Waals surface area contributed by atoms with Crippen LogP contribution >= 0.6 is 0 Å². The molecule has 0 bridgehead atoms. The molecule has 1 amide bonds. The molecule has 0 aliphatic carbocycles. The fourth-order valence-electron chi connectivity index (χ4n) is 2.28. The van der Waals surface area contributed by atoms with E-state index in [-0.39, 0.29) is 11.9 Å². The van der Waals surface area contributed by atoms with Crippen molar-refractivity contribution in [1.29, 1.82) is 0 Å². The van der Waals surface area contributed by atoms with Crippen LogP contribution in [0.5, 0.6) is 0 Å². The van der Waals surface area contributed by atoms with Crippen molar-refractivity contribution in [3.8, 4) is 0 Å². The summed E-state index contributed by atoms with van der Waals surface area (Å²) in [5.41, 5.74) is 4.60. The molecule has 0 radical (unpaired) electrons. The summed E-state index contributed by atoms with van der Waals surface area (Å²) < 4.78 is 0. The first-order chi connectivity index (χ1) is 10.1. The van der Waals surface area contributed by atoms with E-state index in [9.17, 15) is 4.79 Å². The lowest BCUT2D eigenvalue weighted by Gasteiger charge is -2.16. The molecule has 0 heterocycles. The Morgan fingerprint density at radius 3 is 2.62 bits per heavy atom. The maximum Gasteiger partial charge on any atom is 0.221 e. The van der Waals surface area contributed by atoms with Gasteiger partial charge in [-0.05, 0) is 42.7 Å². The highest BCUT2D eigenvalue weighted by molar-refractivity contribution is 5.88. The van der Waals surface area contributed by atoms with Gasteiger partial charge in [0.05, 0.1) is 0 Å². The second-order valence-electron chi connectivity index (χ2n) is 5.34. The van der Waals surface area contributed by atoms with Gasteiger partial charge in [-0.15, -0.1) is 0 Å². The van der Waals surface area contributed by atoms with E-state index in [1.807, 2.05) is 18.2 Å². The number of aryl methyl sites for hydroxylation is 1. The average molecular weight is 282 g/mol. The molecule has 2 aromatic rings. The molecule has 0 spiro atoms. The molecule has 21 heavy (non-hydrogen) atoms. The van der Waals surface area contributed by atoms with Gasteiger partial charge in [0.2, 0.25) is 5.91 Å². The standard InChI is InChI=1S/C18H22N2O/c1-13-7-4-5-8-17(13)12-19-14(2)16-9-6-10-18(11-16)20-15(3)21/h4-11,14,19H,12H2,1-3H3,(H,20,21). The molecule has 110 valence electrons. The van der Waals surface area contributed by atoms with Crippen molar-refractivity contribution >= 4 is 11.6 Å². The first-order valence-corrected chi connectivity index (χ1v) is 7.21. The van der Waals surface area contributed by atoms with Crippen LogP contribution < -0.4 is 10.6 Å². The molecule has 0 fully saturated rings. The summed E-state index contributed by atoms with van der Waals surface area (Å²) in [7, 11) is 0. The van der Waals surface area contributed by atoms with Crippen molar-refractivity contribution in [3.63, 3.8) is 0 Å². The fourth-order valence-corrected chi connectivity index (χ4v) is 2.28. The van der Waals surface area contributed by atoms with E-state index in [0.29, 0.717) is 0 Å². The Hall–Kier alpha value is -2.13. The summed E-state index contributed by atoms with van der Waals surface area (Å²) in [5.74, 6) is -0.0485. The van der Waals surface area contributed by atoms with Gasteiger partial charge in [0.25, 0.3) is 0 Å². The molecule has 1 unspecified atom stereocenters. The Bertz CT molecular complexity index is 622. The number of carbonyl (C=O) groups excluding carboxylic acids is 1. The highest BCUT2D eigenvalue weighted by Gasteiger charge is 2.07. The molecule has 2 N–H and O–H groups in total. The van der Waals surface area contributed by atoms with E-state index in [2.05, 4.69) is 54.8 Å². The Labute approximate surface area is 126 Å². The third-order valence-corrected chi connectivity index (χ3v) is 3.57. The van der Waals surface area contributed by atoms with Crippen LogP contribution in [0.15, 0.2) is 48.5 Å². The van der Waals surface area contributed by atoms with Gasteiger partial charge in [-0.25, -0.2) is 0 Å². The number of nitrogens with one attached hydrogen (secondary N) is 2. The molecule has 2 aromatic carbocycles. The van der Waals surface area contributed by atoms with Gasteiger partial charge < -0.3 is 10.6 Å². The van der Waals surface area contributed by atoms with Crippen molar-refractivity contribution in [2.45, 2.75) is 33.4 Å². The number of carbonyl (C=O) groups is 1. The minimum absolute atomic E-state index is 0.0485. The molecule has 1 atom stereocenters. The molecular weight excluding hydrogens is 260 g/mol. The van der Waals surface area contributed by atoms with Gasteiger partial charge in [-0.3, -0.25) is 4.79 Å². The third kappa shape index (κ3) is 4.43. The zero-order valence-corrected chi connectivity index (χ0v) is 12.8. The van der Waals surface area contributed by atoms with Gasteiger partial charge >= 0.3 is 0 Å². The lowest BCUT2D eigenvalue weighted by molar-refractivity contribution is -0.114. The normalized spacial score (nSPS) is 12.0. The zero-order valence-electron chi connectivity index (χ0n) is 12.8. The Kier molecular flexibility index (Phi) is 5.12. The summed E-state index contributed by atoms with van der Waals surface area (Å²) in [5, 5.41) is 6.34. The van der Waals surface area contributed by atoms with Crippen LogP contribution in [-0.4, -0.2) is 5.91 Å². The largest absolute Gasteiger partial charge is 0.326 e. The minimum atomic E-state index is -0.0485.